The zero-order valence-corrected chi connectivity index (χ0v) is 8.51. The first kappa shape index (κ1) is 10.4. The van der Waals surface area contributed by atoms with Gasteiger partial charge in [-0.1, -0.05) is 0 Å². The molecule has 0 spiro atoms. The molecule has 0 radical (unpaired) electrons. The zero-order chi connectivity index (χ0) is 11.5. The van der Waals surface area contributed by atoms with Gasteiger partial charge in [-0.25, -0.2) is 9.37 Å². The van der Waals surface area contributed by atoms with Gasteiger partial charge < -0.3 is 0 Å². The van der Waals surface area contributed by atoms with Gasteiger partial charge in [0, 0.05) is 12.4 Å². The lowest BCUT2D eigenvalue weighted by molar-refractivity contribution is 0.103. The number of hydrogen-bond donors (Lipinski definition) is 0. The third kappa shape index (κ3) is 1.93. The standard InChI is InChI=1S/C11H8FN3O/c1-7-4-15-10(6-14-7)11(16)8-2-3-13-5-9(8)12/h2-6H,1H3. The summed E-state index contributed by atoms with van der Waals surface area (Å²) < 4.78 is 13.3. The second-order valence-corrected chi connectivity index (χ2v) is 3.23. The number of carbonyl (C=O) groups excluding carboxylic acids is 1. The van der Waals surface area contributed by atoms with E-state index in [0.29, 0.717) is 5.69 Å². The molecule has 0 amide bonds. The molecule has 0 aliphatic heterocycles. The molecular formula is C11H8FN3O. The van der Waals surface area contributed by atoms with E-state index in [2.05, 4.69) is 15.0 Å². The number of aromatic nitrogens is 3. The van der Waals surface area contributed by atoms with Gasteiger partial charge in [0.1, 0.15) is 5.69 Å². The van der Waals surface area contributed by atoms with Crippen molar-refractivity contribution in [2.24, 2.45) is 0 Å². The highest BCUT2D eigenvalue weighted by Gasteiger charge is 2.14. The van der Waals surface area contributed by atoms with Crippen molar-refractivity contribution < 1.29 is 9.18 Å². The Hall–Kier alpha value is -2.17. The molecule has 0 aliphatic carbocycles. The Balaban J connectivity index is 2.40. The Bertz CT molecular complexity index is 525. The largest absolute Gasteiger partial charge is 0.287 e. The van der Waals surface area contributed by atoms with Crippen LogP contribution in [0.1, 0.15) is 21.7 Å². The van der Waals surface area contributed by atoms with Gasteiger partial charge in [-0.15, -0.1) is 0 Å². The highest BCUT2D eigenvalue weighted by atomic mass is 19.1. The van der Waals surface area contributed by atoms with Crippen LogP contribution in [-0.4, -0.2) is 20.7 Å². The van der Waals surface area contributed by atoms with E-state index in [1.54, 1.807) is 6.92 Å². The van der Waals surface area contributed by atoms with E-state index in [1.807, 2.05) is 0 Å². The summed E-state index contributed by atoms with van der Waals surface area (Å²) in [6.45, 7) is 1.76. The summed E-state index contributed by atoms with van der Waals surface area (Å²) in [6, 6.07) is 1.32. The lowest BCUT2D eigenvalue weighted by Gasteiger charge is -2.00. The Labute approximate surface area is 91.2 Å². The molecule has 16 heavy (non-hydrogen) atoms. The predicted octanol–water partition coefficient (Wildman–Crippen LogP) is 1.55. The van der Waals surface area contributed by atoms with Crippen LogP contribution in [-0.2, 0) is 0 Å². The minimum atomic E-state index is -0.658. The van der Waals surface area contributed by atoms with Crippen molar-refractivity contribution in [3.63, 3.8) is 0 Å². The van der Waals surface area contributed by atoms with Gasteiger partial charge in [0.05, 0.1) is 23.7 Å². The van der Waals surface area contributed by atoms with E-state index in [4.69, 9.17) is 0 Å². The predicted molar refractivity (Wildman–Crippen MR) is 54.4 cm³/mol. The number of halogens is 1. The minimum absolute atomic E-state index is 0.0480. The van der Waals surface area contributed by atoms with E-state index in [1.165, 1.54) is 24.7 Å². The molecule has 2 heterocycles. The van der Waals surface area contributed by atoms with Crippen LogP contribution in [0, 0.1) is 12.7 Å². The maximum absolute atomic E-state index is 13.3. The fraction of sp³-hybridized carbons (Fsp3) is 0.0909. The summed E-state index contributed by atoms with van der Waals surface area (Å²) in [5.74, 6) is -1.15. The van der Waals surface area contributed by atoms with E-state index < -0.39 is 11.6 Å². The van der Waals surface area contributed by atoms with Gasteiger partial charge in [0.15, 0.2) is 5.82 Å². The number of rotatable bonds is 2. The second-order valence-electron chi connectivity index (χ2n) is 3.23. The summed E-state index contributed by atoms with van der Waals surface area (Å²) in [5.41, 5.74) is 0.774. The number of aryl methyl sites for hydroxylation is 1. The normalized spacial score (nSPS) is 10.1. The quantitative estimate of drug-likeness (QED) is 0.716. The van der Waals surface area contributed by atoms with Crippen molar-refractivity contribution in [3.05, 3.63) is 53.6 Å². The first-order chi connectivity index (χ1) is 7.68. The van der Waals surface area contributed by atoms with Crippen molar-refractivity contribution in [1.29, 1.82) is 0 Å². The van der Waals surface area contributed by atoms with E-state index >= 15 is 0 Å². The molecule has 0 saturated carbocycles. The molecule has 0 aromatic carbocycles. The van der Waals surface area contributed by atoms with Gasteiger partial charge >= 0.3 is 0 Å². The second kappa shape index (κ2) is 4.14. The average molecular weight is 217 g/mol. The van der Waals surface area contributed by atoms with E-state index in [0.717, 1.165) is 6.20 Å². The van der Waals surface area contributed by atoms with E-state index in [-0.39, 0.29) is 11.3 Å². The van der Waals surface area contributed by atoms with Crippen LogP contribution in [0.4, 0.5) is 4.39 Å². The smallest absolute Gasteiger partial charge is 0.215 e. The molecule has 80 valence electrons. The summed E-state index contributed by atoms with van der Waals surface area (Å²) >= 11 is 0. The Morgan fingerprint density at radius 2 is 2.06 bits per heavy atom. The first-order valence-electron chi connectivity index (χ1n) is 4.61. The minimum Gasteiger partial charge on any atom is -0.287 e. The molecular weight excluding hydrogens is 209 g/mol. The third-order valence-corrected chi connectivity index (χ3v) is 2.03. The summed E-state index contributed by atoms with van der Waals surface area (Å²) in [4.78, 5) is 23.2. The van der Waals surface area contributed by atoms with Crippen molar-refractivity contribution in [3.8, 4) is 0 Å². The molecule has 0 bridgehead atoms. The van der Waals surface area contributed by atoms with Gasteiger partial charge in [-0.3, -0.25) is 14.8 Å². The summed E-state index contributed by atoms with van der Waals surface area (Å²) in [6.07, 6.45) is 5.15. The number of hydrogen-bond acceptors (Lipinski definition) is 4. The Morgan fingerprint density at radius 1 is 1.25 bits per heavy atom. The Morgan fingerprint density at radius 3 is 2.69 bits per heavy atom. The van der Waals surface area contributed by atoms with Gasteiger partial charge in [-0.05, 0) is 13.0 Å². The monoisotopic (exact) mass is 217 g/mol. The molecule has 0 atom stereocenters. The molecule has 0 fully saturated rings. The molecule has 2 aromatic heterocycles. The van der Waals surface area contributed by atoms with Gasteiger partial charge in [0.2, 0.25) is 5.78 Å². The summed E-state index contributed by atoms with van der Waals surface area (Å²) in [5, 5.41) is 0. The van der Waals surface area contributed by atoms with Crippen molar-refractivity contribution in [2.75, 3.05) is 0 Å². The molecule has 0 unspecified atom stereocenters. The molecule has 0 saturated heterocycles. The molecule has 4 nitrogen and oxygen atoms in total. The lowest BCUT2D eigenvalue weighted by atomic mass is 10.1. The SMILES string of the molecule is Cc1cnc(C(=O)c2ccncc2F)cn1. The lowest BCUT2D eigenvalue weighted by Crippen LogP contribution is -2.07. The third-order valence-electron chi connectivity index (χ3n) is 2.03. The molecule has 5 heteroatoms. The van der Waals surface area contributed by atoms with Crippen molar-refractivity contribution in [1.82, 2.24) is 15.0 Å². The van der Waals surface area contributed by atoms with Crippen molar-refractivity contribution in [2.45, 2.75) is 6.92 Å². The van der Waals surface area contributed by atoms with Gasteiger partial charge in [0.25, 0.3) is 0 Å². The van der Waals surface area contributed by atoms with Crippen LogP contribution in [0.15, 0.2) is 30.9 Å². The number of ketones is 1. The van der Waals surface area contributed by atoms with Crippen LogP contribution >= 0.6 is 0 Å². The highest BCUT2D eigenvalue weighted by molar-refractivity contribution is 6.07. The Kier molecular flexibility index (Phi) is 2.68. The average Bonchev–Trinajstić information content (AvgIpc) is 2.30. The highest BCUT2D eigenvalue weighted by Crippen LogP contribution is 2.09. The summed E-state index contributed by atoms with van der Waals surface area (Å²) in [7, 11) is 0. The molecule has 2 rings (SSSR count). The van der Waals surface area contributed by atoms with Crippen LogP contribution in [0.3, 0.4) is 0 Å². The number of nitrogens with zero attached hydrogens (tertiary/aromatic N) is 3. The maximum Gasteiger partial charge on any atom is 0.215 e. The zero-order valence-electron chi connectivity index (χ0n) is 8.51. The first-order valence-corrected chi connectivity index (χ1v) is 4.61. The van der Waals surface area contributed by atoms with Crippen molar-refractivity contribution >= 4 is 5.78 Å². The van der Waals surface area contributed by atoms with Crippen LogP contribution in [0.2, 0.25) is 0 Å². The fourth-order valence-electron chi connectivity index (χ4n) is 1.21. The fourth-order valence-corrected chi connectivity index (χ4v) is 1.21. The van der Waals surface area contributed by atoms with Crippen LogP contribution in [0.5, 0.6) is 0 Å². The molecule has 0 N–H and O–H groups in total. The maximum atomic E-state index is 13.3. The molecule has 0 aliphatic rings. The number of carbonyl (C=O) groups is 1. The van der Waals surface area contributed by atoms with Gasteiger partial charge in [-0.2, -0.15) is 0 Å². The van der Waals surface area contributed by atoms with Crippen LogP contribution in [0.25, 0.3) is 0 Å². The molecule has 2 aromatic rings. The van der Waals surface area contributed by atoms with E-state index in [9.17, 15) is 9.18 Å². The number of pyridine rings is 1. The topological polar surface area (TPSA) is 55.7 Å². The van der Waals surface area contributed by atoms with Crippen LogP contribution < -0.4 is 0 Å².